The lowest BCUT2D eigenvalue weighted by atomic mass is 9.89. The Kier molecular flexibility index (Phi) is 8.70. The summed E-state index contributed by atoms with van der Waals surface area (Å²) in [5.41, 5.74) is 8.62. The molecule has 2 aliphatic heterocycles. The molecule has 5 aromatic rings. The molecule has 3 aliphatic rings. The number of likely N-dealkylation sites (tertiary alicyclic amines) is 1. The van der Waals surface area contributed by atoms with Crippen molar-refractivity contribution in [2.45, 2.75) is 71.8 Å². The first-order valence-corrected chi connectivity index (χ1v) is 18.5. The van der Waals surface area contributed by atoms with Gasteiger partial charge in [-0.05, 0) is 92.6 Å². The van der Waals surface area contributed by atoms with E-state index in [4.69, 9.17) is 14.4 Å². The lowest BCUT2D eigenvalue weighted by Crippen LogP contribution is -2.47. The Morgan fingerprint density at radius 2 is 1.77 bits per heavy atom. The van der Waals surface area contributed by atoms with E-state index in [1.165, 1.54) is 0 Å². The van der Waals surface area contributed by atoms with Gasteiger partial charge in [-0.3, -0.25) is 14.5 Å². The van der Waals surface area contributed by atoms with Gasteiger partial charge in [0.05, 0.1) is 42.4 Å². The number of oxazole rings is 1. The van der Waals surface area contributed by atoms with E-state index in [9.17, 15) is 25.1 Å². The zero-order chi connectivity index (χ0) is 36.3. The number of hydrogen-bond acceptors (Lipinski definition) is 10. The third kappa shape index (κ3) is 6.17. The first kappa shape index (κ1) is 34.2. The van der Waals surface area contributed by atoms with Gasteiger partial charge in [0.1, 0.15) is 16.6 Å². The van der Waals surface area contributed by atoms with Crippen LogP contribution in [0.2, 0.25) is 0 Å². The van der Waals surface area contributed by atoms with Crippen LogP contribution in [0.25, 0.3) is 44.3 Å². The van der Waals surface area contributed by atoms with E-state index in [1.807, 2.05) is 29.2 Å². The minimum Gasteiger partial charge on any atom is -0.481 e. The molecule has 266 valence electrons. The molecule has 2 aromatic heterocycles. The van der Waals surface area contributed by atoms with Crippen LogP contribution < -0.4 is 5.32 Å². The fourth-order valence-electron chi connectivity index (χ4n) is 7.75. The summed E-state index contributed by atoms with van der Waals surface area (Å²) in [5, 5.41) is 33.4. The number of aromatic nitrogens is 2. The van der Waals surface area contributed by atoms with E-state index in [1.54, 1.807) is 18.3 Å². The number of aliphatic carboxylic acids is 1. The average molecular weight is 717 g/mol. The zero-order valence-corrected chi connectivity index (χ0v) is 30.2. The van der Waals surface area contributed by atoms with Crippen molar-refractivity contribution < 1.29 is 24.2 Å². The molecule has 1 aliphatic carbocycles. The zero-order valence-electron chi connectivity index (χ0n) is 29.4. The van der Waals surface area contributed by atoms with Gasteiger partial charge in [0.15, 0.2) is 5.58 Å². The standard InChI is InChI=1S/C40H40N6O5S/c1-22-28(29-7-5-9-31(23(29)2)38-44-33-19-46(20-34(33)52-38)35(48)17-42-26-14-27(47)15-26)6-4-8-30(22)37-43-32-13-24(12-25(16-41)36(32)51-37)18-45-11-10-40(3,21-45)39(49)50/h4-9,12-13,26-27,42,47H,10-11,14-15,17-21H2,1-3H3,(H,49,50)/t26?,27?,40-/m1/s1. The fraction of sp³-hybridized carbons (Fsp3) is 0.375. The van der Waals surface area contributed by atoms with Crippen molar-refractivity contribution in [2.24, 2.45) is 5.41 Å². The number of nitriles is 1. The summed E-state index contributed by atoms with van der Waals surface area (Å²) in [5.74, 6) is -0.294. The van der Waals surface area contributed by atoms with Gasteiger partial charge in [-0.25, -0.2) is 9.97 Å². The molecule has 3 N–H and O–H groups in total. The maximum atomic E-state index is 12.8. The van der Waals surface area contributed by atoms with Crippen LogP contribution in [0.4, 0.5) is 0 Å². The minimum absolute atomic E-state index is 0.0529. The number of aliphatic hydroxyl groups is 1. The second-order valence-electron chi connectivity index (χ2n) is 14.7. The van der Waals surface area contributed by atoms with Crippen molar-refractivity contribution in [1.82, 2.24) is 25.1 Å². The Morgan fingerprint density at radius 1 is 1.06 bits per heavy atom. The molecule has 0 unspecified atom stereocenters. The number of hydrogen-bond donors (Lipinski definition) is 3. The second kappa shape index (κ2) is 13.2. The minimum atomic E-state index is -0.785. The molecule has 8 rings (SSSR count). The van der Waals surface area contributed by atoms with Crippen LogP contribution in [0.1, 0.15) is 59.0 Å². The molecule has 0 spiro atoms. The topological polar surface area (TPSA) is 156 Å². The van der Waals surface area contributed by atoms with E-state index in [-0.39, 0.29) is 24.6 Å². The predicted molar refractivity (Wildman–Crippen MR) is 197 cm³/mol. The second-order valence-corrected chi connectivity index (χ2v) is 15.8. The molecule has 0 radical (unpaired) electrons. The number of amides is 1. The smallest absolute Gasteiger partial charge is 0.310 e. The quantitative estimate of drug-likeness (QED) is 0.165. The van der Waals surface area contributed by atoms with E-state index in [0.717, 1.165) is 54.5 Å². The molecule has 1 atom stereocenters. The number of thiazole rings is 1. The van der Waals surface area contributed by atoms with Gasteiger partial charge in [-0.2, -0.15) is 5.26 Å². The lowest BCUT2D eigenvalue weighted by Gasteiger charge is -2.32. The Labute approximate surface area is 305 Å². The van der Waals surface area contributed by atoms with Gasteiger partial charge in [-0.1, -0.05) is 30.3 Å². The fourth-order valence-corrected chi connectivity index (χ4v) is 8.92. The molecule has 1 saturated carbocycles. The van der Waals surface area contributed by atoms with Gasteiger partial charge < -0.3 is 24.8 Å². The van der Waals surface area contributed by atoms with Gasteiger partial charge in [0, 0.05) is 35.1 Å². The number of carboxylic acids is 1. The molecule has 3 aromatic carbocycles. The summed E-state index contributed by atoms with van der Waals surface area (Å²) in [6.07, 6.45) is 1.74. The third-order valence-electron chi connectivity index (χ3n) is 11.0. The summed E-state index contributed by atoms with van der Waals surface area (Å²) >= 11 is 1.64. The van der Waals surface area contributed by atoms with E-state index in [2.05, 4.69) is 54.4 Å². The largest absolute Gasteiger partial charge is 0.481 e. The van der Waals surface area contributed by atoms with E-state index < -0.39 is 11.4 Å². The van der Waals surface area contributed by atoms with Crippen molar-refractivity contribution in [1.29, 1.82) is 5.26 Å². The summed E-state index contributed by atoms with van der Waals surface area (Å²) < 4.78 is 6.29. The van der Waals surface area contributed by atoms with Crippen LogP contribution in [0.15, 0.2) is 52.9 Å². The van der Waals surface area contributed by atoms with Gasteiger partial charge >= 0.3 is 5.97 Å². The highest BCUT2D eigenvalue weighted by Gasteiger charge is 2.40. The van der Waals surface area contributed by atoms with Crippen molar-refractivity contribution in [2.75, 3.05) is 19.6 Å². The van der Waals surface area contributed by atoms with Crippen LogP contribution in [-0.2, 0) is 29.2 Å². The monoisotopic (exact) mass is 716 g/mol. The Morgan fingerprint density at radius 3 is 2.44 bits per heavy atom. The number of rotatable bonds is 9. The number of benzene rings is 3. The van der Waals surface area contributed by atoms with Gasteiger partial charge in [-0.15, -0.1) is 11.3 Å². The number of nitrogens with one attached hydrogen (secondary N) is 1. The first-order chi connectivity index (χ1) is 25.0. The van der Waals surface area contributed by atoms with Crippen molar-refractivity contribution >= 4 is 34.3 Å². The highest BCUT2D eigenvalue weighted by Crippen LogP contribution is 2.41. The normalized spacial score (nSPS) is 21.3. The van der Waals surface area contributed by atoms with Crippen molar-refractivity contribution in [3.63, 3.8) is 0 Å². The van der Waals surface area contributed by atoms with Crippen LogP contribution in [0, 0.1) is 30.6 Å². The summed E-state index contributed by atoms with van der Waals surface area (Å²) in [7, 11) is 0. The highest BCUT2D eigenvalue weighted by atomic mass is 32.1. The Bertz CT molecular complexity index is 2260. The van der Waals surface area contributed by atoms with E-state index >= 15 is 0 Å². The number of carboxylic acid groups (broad SMARTS) is 1. The number of nitrogens with zero attached hydrogens (tertiary/aromatic N) is 5. The van der Waals surface area contributed by atoms with Crippen LogP contribution in [0.3, 0.4) is 0 Å². The highest BCUT2D eigenvalue weighted by molar-refractivity contribution is 7.15. The Balaban J connectivity index is 1.03. The molecule has 1 amide bonds. The van der Waals surface area contributed by atoms with Crippen LogP contribution in [0.5, 0.6) is 0 Å². The van der Waals surface area contributed by atoms with E-state index in [0.29, 0.717) is 74.5 Å². The molecule has 1 saturated heterocycles. The maximum Gasteiger partial charge on any atom is 0.310 e. The predicted octanol–water partition coefficient (Wildman–Crippen LogP) is 6.03. The number of fused-ring (bicyclic) bond motifs is 2. The van der Waals surface area contributed by atoms with Crippen molar-refractivity contribution in [3.8, 4) is 39.2 Å². The van der Waals surface area contributed by atoms with Crippen LogP contribution >= 0.6 is 11.3 Å². The molecule has 0 bridgehead atoms. The molecule has 12 heteroatoms. The molecule has 2 fully saturated rings. The SMILES string of the molecule is Cc1c(-c2nc3cc(CN4CC[C@@](C)(C(=O)O)C4)cc(C#N)c3o2)cccc1-c1cccc(-c2nc3c(s2)CN(C(=O)CNC2CC(O)C2)C3)c1C. The third-order valence-corrected chi connectivity index (χ3v) is 12.1. The summed E-state index contributed by atoms with van der Waals surface area (Å²) in [6.45, 7) is 8.95. The number of carbonyl (C=O) groups excluding carboxylic acids is 1. The van der Waals surface area contributed by atoms with Gasteiger partial charge in [0.25, 0.3) is 0 Å². The first-order valence-electron chi connectivity index (χ1n) is 17.7. The Hall–Kier alpha value is -4.93. The summed E-state index contributed by atoms with van der Waals surface area (Å²) in [6, 6.07) is 18.6. The molecule has 52 heavy (non-hydrogen) atoms. The number of carbonyl (C=O) groups is 2. The van der Waals surface area contributed by atoms with Crippen LogP contribution in [-0.4, -0.2) is 73.6 Å². The number of aliphatic hydroxyl groups excluding tert-OH is 1. The van der Waals surface area contributed by atoms with Gasteiger partial charge in [0.2, 0.25) is 11.8 Å². The molecular formula is C40H40N6O5S. The maximum absolute atomic E-state index is 12.8. The molecular weight excluding hydrogens is 677 g/mol. The molecule has 4 heterocycles. The molecule has 11 nitrogen and oxygen atoms in total. The summed E-state index contributed by atoms with van der Waals surface area (Å²) in [4.78, 5) is 39.5. The lowest BCUT2D eigenvalue weighted by molar-refractivity contribution is -0.147. The average Bonchev–Trinajstić information content (AvgIpc) is 3.89. The van der Waals surface area contributed by atoms with Crippen molar-refractivity contribution in [3.05, 3.63) is 81.4 Å².